The predicted octanol–water partition coefficient (Wildman–Crippen LogP) is 1.83. The van der Waals surface area contributed by atoms with E-state index in [2.05, 4.69) is 4.90 Å². The van der Waals surface area contributed by atoms with Crippen molar-refractivity contribution in [2.75, 3.05) is 19.6 Å². The van der Waals surface area contributed by atoms with Crippen LogP contribution in [-0.2, 0) is 6.42 Å². The molecule has 0 saturated carbocycles. The summed E-state index contributed by atoms with van der Waals surface area (Å²) in [7, 11) is 0. The summed E-state index contributed by atoms with van der Waals surface area (Å²) in [5.74, 6) is 0.997. The SMILES string of the molecule is CC(O)C1CCN(CC2Cc3cc(F)ccc3O2)C1. The maximum atomic E-state index is 13.1. The van der Waals surface area contributed by atoms with Crippen molar-refractivity contribution in [1.82, 2.24) is 4.90 Å². The monoisotopic (exact) mass is 265 g/mol. The van der Waals surface area contributed by atoms with Crippen LogP contribution in [0.2, 0.25) is 0 Å². The second kappa shape index (κ2) is 5.10. The van der Waals surface area contributed by atoms with E-state index in [9.17, 15) is 9.50 Å². The molecule has 3 unspecified atom stereocenters. The molecule has 0 radical (unpaired) electrons. The lowest BCUT2D eigenvalue weighted by molar-refractivity contribution is 0.118. The van der Waals surface area contributed by atoms with Crippen molar-refractivity contribution in [2.24, 2.45) is 5.92 Å². The Morgan fingerprint density at radius 3 is 3.11 bits per heavy atom. The molecule has 2 aliphatic rings. The van der Waals surface area contributed by atoms with Crippen molar-refractivity contribution in [2.45, 2.75) is 32.0 Å². The normalized spacial score (nSPS) is 28.2. The Labute approximate surface area is 113 Å². The summed E-state index contributed by atoms with van der Waals surface area (Å²) in [4.78, 5) is 2.34. The predicted molar refractivity (Wildman–Crippen MR) is 70.7 cm³/mol. The summed E-state index contributed by atoms with van der Waals surface area (Å²) in [6.45, 7) is 4.67. The molecule has 2 heterocycles. The van der Waals surface area contributed by atoms with E-state index >= 15 is 0 Å². The van der Waals surface area contributed by atoms with E-state index in [1.54, 1.807) is 12.1 Å². The van der Waals surface area contributed by atoms with Gasteiger partial charge in [0.1, 0.15) is 17.7 Å². The second-order valence-corrected chi connectivity index (χ2v) is 5.74. The van der Waals surface area contributed by atoms with E-state index in [-0.39, 0.29) is 18.0 Å². The first kappa shape index (κ1) is 12.9. The second-order valence-electron chi connectivity index (χ2n) is 5.74. The number of ether oxygens (including phenoxy) is 1. The largest absolute Gasteiger partial charge is 0.488 e. The molecule has 1 N–H and O–H groups in total. The van der Waals surface area contributed by atoms with Crippen LogP contribution in [0, 0.1) is 11.7 Å². The minimum absolute atomic E-state index is 0.115. The zero-order valence-corrected chi connectivity index (χ0v) is 11.2. The van der Waals surface area contributed by atoms with Crippen LogP contribution in [0.5, 0.6) is 5.75 Å². The fourth-order valence-corrected chi connectivity index (χ4v) is 3.10. The molecule has 0 amide bonds. The molecule has 0 aliphatic carbocycles. The lowest BCUT2D eigenvalue weighted by Crippen LogP contribution is -2.34. The molecule has 1 aromatic carbocycles. The smallest absolute Gasteiger partial charge is 0.123 e. The topological polar surface area (TPSA) is 32.7 Å². The molecule has 1 fully saturated rings. The molecule has 0 bridgehead atoms. The molecule has 104 valence electrons. The fourth-order valence-electron chi connectivity index (χ4n) is 3.10. The Morgan fingerprint density at radius 1 is 1.53 bits per heavy atom. The van der Waals surface area contributed by atoms with E-state index in [1.165, 1.54) is 6.07 Å². The first-order chi connectivity index (χ1) is 9.11. The van der Waals surface area contributed by atoms with Crippen LogP contribution in [0.3, 0.4) is 0 Å². The van der Waals surface area contributed by atoms with Gasteiger partial charge in [0.25, 0.3) is 0 Å². The number of halogens is 1. The minimum Gasteiger partial charge on any atom is -0.488 e. The van der Waals surface area contributed by atoms with Gasteiger partial charge in [0, 0.05) is 25.1 Å². The highest BCUT2D eigenvalue weighted by Gasteiger charge is 2.30. The summed E-state index contributed by atoms with van der Waals surface area (Å²) >= 11 is 0. The molecule has 3 rings (SSSR count). The molecule has 1 aromatic rings. The molecule has 19 heavy (non-hydrogen) atoms. The van der Waals surface area contributed by atoms with Crippen molar-refractivity contribution >= 4 is 0 Å². The Kier molecular flexibility index (Phi) is 3.46. The highest BCUT2D eigenvalue weighted by molar-refractivity contribution is 5.37. The Bertz CT molecular complexity index is 463. The van der Waals surface area contributed by atoms with Gasteiger partial charge in [-0.15, -0.1) is 0 Å². The molecule has 0 spiro atoms. The van der Waals surface area contributed by atoms with Gasteiger partial charge >= 0.3 is 0 Å². The minimum atomic E-state index is -0.235. The lowest BCUT2D eigenvalue weighted by atomic mass is 10.0. The summed E-state index contributed by atoms with van der Waals surface area (Å²) < 4.78 is 19.0. The number of fused-ring (bicyclic) bond motifs is 1. The van der Waals surface area contributed by atoms with Gasteiger partial charge < -0.3 is 9.84 Å². The first-order valence-corrected chi connectivity index (χ1v) is 6.97. The van der Waals surface area contributed by atoms with Gasteiger partial charge in [0.2, 0.25) is 0 Å². The van der Waals surface area contributed by atoms with Gasteiger partial charge in [-0.1, -0.05) is 0 Å². The van der Waals surface area contributed by atoms with Gasteiger partial charge in [-0.2, -0.15) is 0 Å². The number of likely N-dealkylation sites (tertiary alicyclic amines) is 1. The van der Waals surface area contributed by atoms with Gasteiger partial charge in [-0.25, -0.2) is 4.39 Å². The summed E-state index contributed by atoms with van der Waals surface area (Å²) in [6.07, 6.45) is 1.71. The zero-order chi connectivity index (χ0) is 13.4. The van der Waals surface area contributed by atoms with Gasteiger partial charge in [0.05, 0.1) is 6.10 Å². The van der Waals surface area contributed by atoms with Crippen LogP contribution >= 0.6 is 0 Å². The van der Waals surface area contributed by atoms with Crippen LogP contribution < -0.4 is 4.74 Å². The number of hydrogen-bond acceptors (Lipinski definition) is 3. The Hall–Kier alpha value is -1.13. The molecule has 1 saturated heterocycles. The first-order valence-electron chi connectivity index (χ1n) is 6.97. The molecule has 0 aromatic heterocycles. The van der Waals surface area contributed by atoms with Crippen LogP contribution in [0.4, 0.5) is 4.39 Å². The highest BCUT2D eigenvalue weighted by atomic mass is 19.1. The average molecular weight is 265 g/mol. The van der Waals surface area contributed by atoms with E-state index in [0.717, 1.165) is 43.8 Å². The zero-order valence-electron chi connectivity index (χ0n) is 11.2. The van der Waals surface area contributed by atoms with Crippen LogP contribution in [0.25, 0.3) is 0 Å². The number of aliphatic hydroxyl groups excluding tert-OH is 1. The van der Waals surface area contributed by atoms with Crippen molar-refractivity contribution in [3.63, 3.8) is 0 Å². The number of benzene rings is 1. The number of rotatable bonds is 3. The maximum absolute atomic E-state index is 13.1. The number of nitrogens with zero attached hydrogens (tertiary/aromatic N) is 1. The Balaban J connectivity index is 1.56. The summed E-state index contributed by atoms with van der Waals surface area (Å²) in [5, 5.41) is 9.60. The standard InChI is InChI=1S/C15H20FNO2/c1-10(18)11-4-5-17(8-11)9-14-7-12-6-13(16)2-3-15(12)19-14/h2-3,6,10-11,14,18H,4-5,7-9H2,1H3. The van der Waals surface area contributed by atoms with Gasteiger partial charge in [-0.05, 0) is 44.0 Å². The van der Waals surface area contributed by atoms with E-state index in [4.69, 9.17) is 4.74 Å². The molecular formula is C15H20FNO2. The summed E-state index contributed by atoms with van der Waals surface area (Å²) in [5.41, 5.74) is 0.969. The van der Waals surface area contributed by atoms with Crippen molar-refractivity contribution in [1.29, 1.82) is 0 Å². The van der Waals surface area contributed by atoms with Gasteiger partial charge in [-0.3, -0.25) is 4.90 Å². The molecule has 4 heteroatoms. The molecule has 2 aliphatic heterocycles. The van der Waals surface area contributed by atoms with Crippen LogP contribution in [-0.4, -0.2) is 41.8 Å². The van der Waals surface area contributed by atoms with Gasteiger partial charge in [0.15, 0.2) is 0 Å². The van der Waals surface area contributed by atoms with Crippen molar-refractivity contribution < 1.29 is 14.2 Å². The fraction of sp³-hybridized carbons (Fsp3) is 0.600. The third-order valence-corrected chi connectivity index (χ3v) is 4.22. The van der Waals surface area contributed by atoms with E-state index in [1.807, 2.05) is 6.92 Å². The molecule has 3 atom stereocenters. The van der Waals surface area contributed by atoms with Crippen molar-refractivity contribution in [3.8, 4) is 5.75 Å². The third-order valence-electron chi connectivity index (χ3n) is 4.22. The van der Waals surface area contributed by atoms with Crippen LogP contribution in [0.15, 0.2) is 18.2 Å². The maximum Gasteiger partial charge on any atom is 0.123 e. The van der Waals surface area contributed by atoms with Crippen LogP contribution in [0.1, 0.15) is 18.9 Å². The molecular weight excluding hydrogens is 245 g/mol. The average Bonchev–Trinajstić information content (AvgIpc) is 2.95. The third kappa shape index (κ3) is 2.74. The van der Waals surface area contributed by atoms with E-state index < -0.39 is 0 Å². The summed E-state index contributed by atoms with van der Waals surface area (Å²) in [6, 6.07) is 4.73. The highest BCUT2D eigenvalue weighted by Crippen LogP contribution is 2.30. The van der Waals surface area contributed by atoms with E-state index in [0.29, 0.717) is 5.92 Å². The molecule has 3 nitrogen and oxygen atoms in total. The number of aliphatic hydroxyl groups is 1. The Morgan fingerprint density at radius 2 is 2.37 bits per heavy atom. The number of hydrogen-bond donors (Lipinski definition) is 1. The lowest BCUT2D eigenvalue weighted by Gasteiger charge is -2.21. The quantitative estimate of drug-likeness (QED) is 0.905. The van der Waals surface area contributed by atoms with Crippen molar-refractivity contribution in [3.05, 3.63) is 29.6 Å².